The lowest BCUT2D eigenvalue weighted by molar-refractivity contribution is -0.148. The smallest absolute Gasteiger partial charge is 0.372 e. The number of aromatic nitrogens is 1. The highest BCUT2D eigenvalue weighted by molar-refractivity contribution is 6.37. The van der Waals surface area contributed by atoms with E-state index < -0.39 is 29.4 Å². The van der Waals surface area contributed by atoms with Gasteiger partial charge in [0.1, 0.15) is 5.75 Å². The Morgan fingerprint density at radius 2 is 1.82 bits per heavy atom. The first-order valence-corrected chi connectivity index (χ1v) is 8.45. The van der Waals surface area contributed by atoms with Crippen LogP contribution in [0, 0.1) is 0 Å². The molecule has 0 atom stereocenters. The summed E-state index contributed by atoms with van der Waals surface area (Å²) >= 11 is 0. The Hall–Kier alpha value is -3.74. The Bertz CT molecular complexity index is 1150. The van der Waals surface area contributed by atoms with Crippen molar-refractivity contribution < 1.29 is 24.2 Å². The number of aliphatic carboxylic acids is 1. The highest BCUT2D eigenvalue weighted by Crippen LogP contribution is 2.18. The van der Waals surface area contributed by atoms with E-state index in [2.05, 4.69) is 4.98 Å². The zero-order chi connectivity index (χ0) is 20.3. The zero-order valence-corrected chi connectivity index (χ0v) is 15.0. The van der Waals surface area contributed by atoms with E-state index in [1.54, 1.807) is 19.2 Å². The van der Waals surface area contributed by atoms with Gasteiger partial charge in [0.05, 0.1) is 19.1 Å². The molecule has 0 unspecified atom stereocenters. The fourth-order valence-corrected chi connectivity index (χ4v) is 2.92. The molecule has 3 aromatic rings. The van der Waals surface area contributed by atoms with Crippen LogP contribution in [0.3, 0.4) is 0 Å². The van der Waals surface area contributed by atoms with Crippen LogP contribution in [0.4, 0.5) is 0 Å². The lowest BCUT2D eigenvalue weighted by atomic mass is 10.0. The molecule has 2 N–H and O–H groups in total. The van der Waals surface area contributed by atoms with Gasteiger partial charge in [0.2, 0.25) is 5.78 Å². The number of carbonyl (C=O) groups excluding carboxylic acids is 2. The number of ether oxygens (including phenoxy) is 1. The van der Waals surface area contributed by atoms with Crippen molar-refractivity contribution in [1.29, 1.82) is 0 Å². The fourth-order valence-electron chi connectivity index (χ4n) is 2.92. The van der Waals surface area contributed by atoms with Crippen LogP contribution in [-0.2, 0) is 16.0 Å². The number of hydrogen-bond donors (Lipinski definition) is 2. The summed E-state index contributed by atoms with van der Waals surface area (Å²) in [7, 11) is 1.59. The summed E-state index contributed by atoms with van der Waals surface area (Å²) in [5, 5.41) is 8.94. The molecule has 28 heavy (non-hydrogen) atoms. The fraction of sp³-hybridized carbons (Fsp3) is 0.143. The van der Waals surface area contributed by atoms with Crippen LogP contribution in [0.15, 0.2) is 53.5 Å². The average molecular weight is 379 g/mol. The van der Waals surface area contributed by atoms with Gasteiger partial charge < -0.3 is 14.8 Å². The molecule has 7 nitrogen and oxygen atoms in total. The summed E-state index contributed by atoms with van der Waals surface area (Å²) in [6.45, 7) is 0. The topological polar surface area (TPSA) is 114 Å². The molecule has 1 aromatic heterocycles. The van der Waals surface area contributed by atoms with Crippen LogP contribution in [0.25, 0.3) is 10.9 Å². The van der Waals surface area contributed by atoms with Gasteiger partial charge in [0.15, 0.2) is 11.2 Å². The molecule has 2 aromatic carbocycles. The van der Waals surface area contributed by atoms with E-state index in [1.165, 1.54) is 6.20 Å². The number of carboxylic acids is 1. The third-order valence-electron chi connectivity index (χ3n) is 4.35. The predicted molar refractivity (Wildman–Crippen MR) is 102 cm³/mol. The number of Topliss-reactive ketones (excluding diaryl/α,β-unsaturated/α-hetero) is 2. The molecule has 0 bridgehead atoms. The van der Waals surface area contributed by atoms with Crippen LogP contribution in [-0.4, -0.2) is 34.7 Å². The monoisotopic (exact) mass is 379 g/mol. The molecule has 0 amide bonds. The van der Waals surface area contributed by atoms with Gasteiger partial charge in [-0.1, -0.05) is 18.2 Å². The summed E-state index contributed by atoms with van der Waals surface area (Å²) in [5.74, 6) is -3.05. The van der Waals surface area contributed by atoms with E-state index in [0.717, 1.165) is 16.9 Å². The van der Waals surface area contributed by atoms with Crippen molar-refractivity contribution in [2.75, 3.05) is 7.11 Å². The van der Waals surface area contributed by atoms with Gasteiger partial charge in [-0.2, -0.15) is 0 Å². The number of fused-ring (bicyclic) bond motifs is 1. The van der Waals surface area contributed by atoms with Crippen molar-refractivity contribution in [2.45, 2.75) is 12.8 Å². The Labute approximate surface area is 159 Å². The van der Waals surface area contributed by atoms with Crippen molar-refractivity contribution >= 4 is 28.4 Å². The normalized spacial score (nSPS) is 10.6. The molecule has 142 valence electrons. The van der Waals surface area contributed by atoms with Gasteiger partial charge in [0, 0.05) is 17.1 Å². The molecule has 0 radical (unpaired) electrons. The molecule has 7 heteroatoms. The van der Waals surface area contributed by atoms with Crippen LogP contribution in [0.5, 0.6) is 5.75 Å². The van der Waals surface area contributed by atoms with Crippen LogP contribution < -0.4 is 10.2 Å². The lowest BCUT2D eigenvalue weighted by Gasteiger charge is -2.07. The summed E-state index contributed by atoms with van der Waals surface area (Å²) in [6.07, 6.45) is 0.916. The third-order valence-corrected chi connectivity index (χ3v) is 4.35. The van der Waals surface area contributed by atoms with Crippen LogP contribution in [0.1, 0.15) is 27.9 Å². The first kappa shape index (κ1) is 19.0. The number of carboxylic acid groups (broad SMARTS) is 1. The minimum Gasteiger partial charge on any atom is -0.497 e. The number of benzene rings is 2. The van der Waals surface area contributed by atoms with Gasteiger partial charge in [-0.05, 0) is 41.8 Å². The summed E-state index contributed by atoms with van der Waals surface area (Å²) in [6, 6.07) is 12.8. The molecule has 0 aliphatic rings. The van der Waals surface area contributed by atoms with Crippen LogP contribution >= 0.6 is 0 Å². The first-order valence-electron chi connectivity index (χ1n) is 8.45. The molecule has 0 saturated heterocycles. The molecule has 0 saturated carbocycles. The Kier molecular flexibility index (Phi) is 5.35. The molecule has 0 spiro atoms. The highest BCUT2D eigenvalue weighted by atomic mass is 16.5. The van der Waals surface area contributed by atoms with Crippen molar-refractivity contribution in [3.8, 4) is 5.75 Å². The van der Waals surface area contributed by atoms with E-state index >= 15 is 0 Å². The van der Waals surface area contributed by atoms with Gasteiger partial charge in [0.25, 0.3) is 0 Å². The minimum absolute atomic E-state index is 0.236. The largest absolute Gasteiger partial charge is 0.497 e. The van der Waals surface area contributed by atoms with E-state index in [9.17, 15) is 19.2 Å². The quantitative estimate of drug-likeness (QED) is 0.370. The van der Waals surface area contributed by atoms with E-state index in [0.29, 0.717) is 17.3 Å². The second kappa shape index (κ2) is 7.87. The molecule has 3 rings (SSSR count). The number of methoxy groups -OCH3 is 1. The van der Waals surface area contributed by atoms with Gasteiger partial charge in [-0.25, -0.2) is 4.79 Å². The van der Waals surface area contributed by atoms with E-state index in [4.69, 9.17) is 9.84 Å². The van der Waals surface area contributed by atoms with Crippen molar-refractivity contribution in [2.24, 2.45) is 0 Å². The van der Waals surface area contributed by atoms with Gasteiger partial charge in [-0.3, -0.25) is 14.4 Å². The maximum absolute atomic E-state index is 12.7. The summed E-state index contributed by atoms with van der Waals surface area (Å²) < 4.78 is 5.21. The van der Waals surface area contributed by atoms with Crippen molar-refractivity contribution in [3.05, 3.63) is 75.6 Å². The Morgan fingerprint density at radius 3 is 2.54 bits per heavy atom. The predicted octanol–water partition coefficient (Wildman–Crippen LogP) is 2.35. The minimum atomic E-state index is -1.70. The third kappa shape index (κ3) is 3.98. The zero-order valence-electron chi connectivity index (χ0n) is 15.0. The lowest BCUT2D eigenvalue weighted by Crippen LogP contribution is -2.22. The second-order valence-electron chi connectivity index (χ2n) is 6.27. The Morgan fingerprint density at radius 1 is 1.07 bits per heavy atom. The summed E-state index contributed by atoms with van der Waals surface area (Å²) in [5.41, 5.74) is 1.62. The van der Waals surface area contributed by atoms with Gasteiger partial charge >= 0.3 is 5.97 Å². The molecule has 1 heterocycles. The van der Waals surface area contributed by atoms with Crippen molar-refractivity contribution in [1.82, 2.24) is 4.98 Å². The highest BCUT2D eigenvalue weighted by Gasteiger charge is 2.20. The first-order chi connectivity index (χ1) is 13.4. The number of pyridine rings is 1. The second-order valence-corrected chi connectivity index (χ2v) is 6.27. The maximum Gasteiger partial charge on any atom is 0.372 e. The number of aromatic amines is 1. The SMILES string of the molecule is COc1cccc(Cc2ccc3[nH]cc(C(=O)CC(=O)C(=O)O)c(=O)c3c2)c1. The molecule has 0 aliphatic carbocycles. The molecular formula is C21H17NO6. The van der Waals surface area contributed by atoms with Crippen LogP contribution in [0.2, 0.25) is 0 Å². The van der Waals surface area contributed by atoms with E-state index in [-0.39, 0.29) is 5.56 Å². The molecule has 0 fully saturated rings. The summed E-state index contributed by atoms with van der Waals surface area (Å²) in [4.78, 5) is 49.6. The number of H-pyrrole nitrogens is 1. The average Bonchev–Trinajstić information content (AvgIpc) is 2.68. The van der Waals surface area contributed by atoms with E-state index in [1.807, 2.05) is 30.3 Å². The van der Waals surface area contributed by atoms with Crippen molar-refractivity contribution in [3.63, 3.8) is 0 Å². The molecule has 0 aliphatic heterocycles. The Balaban J connectivity index is 1.95. The maximum atomic E-state index is 12.7. The number of hydrogen-bond acceptors (Lipinski definition) is 5. The standard InChI is InChI=1S/C21H17NO6/c1-28-14-4-2-3-12(8-14)7-13-5-6-17-15(9-13)20(25)16(11-22-17)18(23)10-19(24)21(26)27/h2-6,8-9,11H,7,10H2,1H3,(H,22,25)(H,26,27). The number of ketones is 2. The number of rotatable bonds is 7. The number of nitrogens with one attached hydrogen (secondary N) is 1. The molecular weight excluding hydrogens is 362 g/mol. The van der Waals surface area contributed by atoms with Gasteiger partial charge in [-0.15, -0.1) is 0 Å². The number of carbonyl (C=O) groups is 3.